The summed E-state index contributed by atoms with van der Waals surface area (Å²) in [7, 11) is 0. The van der Waals surface area contributed by atoms with E-state index in [1.807, 2.05) is 6.20 Å². The van der Waals surface area contributed by atoms with Crippen LogP contribution < -0.4 is 0 Å². The Morgan fingerprint density at radius 3 is 2.71 bits per heavy atom. The summed E-state index contributed by atoms with van der Waals surface area (Å²) in [5.74, 6) is 0. The van der Waals surface area contributed by atoms with Crippen LogP contribution in [0.3, 0.4) is 0 Å². The summed E-state index contributed by atoms with van der Waals surface area (Å²) in [5.41, 5.74) is 1.43. The van der Waals surface area contributed by atoms with Crippen molar-refractivity contribution in [2.75, 3.05) is 26.2 Å². The molecule has 2 fully saturated rings. The molecule has 116 valence electrons. The van der Waals surface area contributed by atoms with Gasteiger partial charge in [0.25, 0.3) is 0 Å². The Labute approximate surface area is 128 Å². The summed E-state index contributed by atoms with van der Waals surface area (Å²) >= 11 is 0. The van der Waals surface area contributed by atoms with Crippen molar-refractivity contribution >= 4 is 0 Å². The molecular formula is C17H28N4. The number of hydrogen-bond donors (Lipinski definition) is 0. The topological polar surface area (TPSA) is 24.3 Å². The number of hydrogen-bond acceptors (Lipinski definition) is 3. The van der Waals surface area contributed by atoms with Gasteiger partial charge in [0.15, 0.2) is 0 Å². The third-order valence-electron chi connectivity index (χ3n) is 5.73. The number of rotatable bonds is 4. The Morgan fingerprint density at radius 2 is 1.90 bits per heavy atom. The van der Waals surface area contributed by atoms with Gasteiger partial charge in [0.05, 0.1) is 11.7 Å². The summed E-state index contributed by atoms with van der Waals surface area (Å²) in [5, 5.41) is 4.62. The van der Waals surface area contributed by atoms with Crippen LogP contribution in [0.2, 0.25) is 0 Å². The van der Waals surface area contributed by atoms with Crippen LogP contribution in [0.5, 0.6) is 0 Å². The molecule has 1 atom stereocenters. The number of likely N-dealkylation sites (tertiary alicyclic amines) is 1. The molecule has 0 aromatic carbocycles. The lowest BCUT2D eigenvalue weighted by Crippen LogP contribution is -2.43. The van der Waals surface area contributed by atoms with Crippen LogP contribution in [0.4, 0.5) is 0 Å². The quantitative estimate of drug-likeness (QED) is 0.851. The fourth-order valence-electron chi connectivity index (χ4n) is 4.52. The van der Waals surface area contributed by atoms with E-state index in [4.69, 9.17) is 0 Å². The van der Waals surface area contributed by atoms with Gasteiger partial charge in [-0.05, 0) is 51.3 Å². The van der Waals surface area contributed by atoms with Crippen molar-refractivity contribution in [2.45, 2.75) is 63.6 Å². The molecule has 0 spiro atoms. The molecule has 3 heterocycles. The van der Waals surface area contributed by atoms with Gasteiger partial charge in [-0.15, -0.1) is 0 Å². The van der Waals surface area contributed by atoms with Crippen molar-refractivity contribution in [3.8, 4) is 0 Å². The van der Waals surface area contributed by atoms with Gasteiger partial charge in [-0.3, -0.25) is 9.58 Å². The fourth-order valence-corrected chi connectivity index (χ4v) is 4.52. The molecule has 4 nitrogen and oxygen atoms in total. The van der Waals surface area contributed by atoms with Gasteiger partial charge < -0.3 is 4.90 Å². The summed E-state index contributed by atoms with van der Waals surface area (Å²) in [6, 6.07) is 3.65. The lowest BCUT2D eigenvalue weighted by Gasteiger charge is -2.38. The highest BCUT2D eigenvalue weighted by atomic mass is 15.4. The van der Waals surface area contributed by atoms with E-state index in [0.717, 1.165) is 12.6 Å². The maximum atomic E-state index is 4.62. The minimum Gasteiger partial charge on any atom is -0.303 e. The molecule has 4 heteroatoms. The van der Waals surface area contributed by atoms with Crippen LogP contribution in [0, 0.1) is 0 Å². The molecule has 1 saturated heterocycles. The minimum atomic E-state index is 0.588. The van der Waals surface area contributed by atoms with E-state index >= 15 is 0 Å². The fraction of sp³-hybridized carbons (Fsp3) is 0.824. The lowest BCUT2D eigenvalue weighted by atomic mass is 10.1. The second kappa shape index (κ2) is 6.09. The van der Waals surface area contributed by atoms with E-state index in [9.17, 15) is 0 Å². The van der Waals surface area contributed by atoms with Crippen LogP contribution in [0.1, 0.15) is 56.7 Å². The smallest absolute Gasteiger partial charge is 0.0662 e. The molecule has 1 aliphatic carbocycles. The van der Waals surface area contributed by atoms with Crippen molar-refractivity contribution in [2.24, 2.45) is 0 Å². The molecule has 2 aliphatic heterocycles. The molecule has 1 aromatic heterocycles. The first-order valence-corrected chi connectivity index (χ1v) is 8.89. The summed E-state index contributed by atoms with van der Waals surface area (Å²) in [4.78, 5) is 5.39. The Kier molecular flexibility index (Phi) is 3.99. The molecule has 21 heavy (non-hydrogen) atoms. The van der Waals surface area contributed by atoms with Crippen molar-refractivity contribution in [3.63, 3.8) is 0 Å². The zero-order valence-corrected chi connectivity index (χ0v) is 13.1. The second-order valence-electron chi connectivity index (χ2n) is 7.13. The highest BCUT2D eigenvalue weighted by molar-refractivity contribution is 5.06. The van der Waals surface area contributed by atoms with Gasteiger partial charge in [0.1, 0.15) is 0 Å². The zero-order valence-electron chi connectivity index (χ0n) is 13.1. The monoisotopic (exact) mass is 288 g/mol. The first kappa shape index (κ1) is 13.8. The standard InChI is InChI=1S/C17H28N4/c1-2-6-15(5-1)20-13-16-7-9-18-21(16)17(14-20)8-12-19-10-3-4-11-19/h7,9,15,17H,1-6,8,10-14H2/t17-/m1/s1. The molecule has 3 aliphatic rings. The van der Waals surface area contributed by atoms with E-state index in [-0.39, 0.29) is 0 Å². The molecule has 4 rings (SSSR count). The molecule has 1 saturated carbocycles. The van der Waals surface area contributed by atoms with Crippen molar-refractivity contribution in [1.29, 1.82) is 0 Å². The molecule has 0 bridgehead atoms. The largest absolute Gasteiger partial charge is 0.303 e. The summed E-state index contributed by atoms with van der Waals surface area (Å²) in [6.07, 6.45) is 11.7. The molecule has 1 aromatic rings. The molecule has 0 amide bonds. The summed E-state index contributed by atoms with van der Waals surface area (Å²) in [6.45, 7) is 6.20. The first-order chi connectivity index (χ1) is 10.4. The molecule has 0 radical (unpaired) electrons. The predicted octanol–water partition coefficient (Wildman–Crippen LogP) is 2.67. The Bertz CT molecular complexity index is 457. The van der Waals surface area contributed by atoms with Crippen molar-refractivity contribution < 1.29 is 0 Å². The first-order valence-electron chi connectivity index (χ1n) is 8.89. The van der Waals surface area contributed by atoms with E-state index in [1.165, 1.54) is 76.8 Å². The highest BCUT2D eigenvalue weighted by Gasteiger charge is 2.31. The van der Waals surface area contributed by atoms with Crippen LogP contribution in [-0.2, 0) is 6.54 Å². The average Bonchev–Trinajstić information content (AvgIpc) is 3.24. The van der Waals surface area contributed by atoms with E-state index in [0.29, 0.717) is 6.04 Å². The Hall–Kier alpha value is -0.870. The SMILES string of the molecule is c1cc2n(n1)[C@H](CCN1CCCC1)CN(C1CCCC1)C2. The van der Waals surface area contributed by atoms with Crippen molar-refractivity contribution in [3.05, 3.63) is 18.0 Å². The van der Waals surface area contributed by atoms with Gasteiger partial charge in [-0.25, -0.2) is 0 Å². The van der Waals surface area contributed by atoms with Gasteiger partial charge >= 0.3 is 0 Å². The van der Waals surface area contributed by atoms with Crippen molar-refractivity contribution in [1.82, 2.24) is 19.6 Å². The van der Waals surface area contributed by atoms with Crippen LogP contribution in [0.15, 0.2) is 12.3 Å². The van der Waals surface area contributed by atoms with E-state index in [1.54, 1.807) is 0 Å². The van der Waals surface area contributed by atoms with E-state index < -0.39 is 0 Å². The predicted molar refractivity (Wildman–Crippen MR) is 84.2 cm³/mol. The normalized spacial score (nSPS) is 28.3. The van der Waals surface area contributed by atoms with Gasteiger partial charge in [-0.2, -0.15) is 5.10 Å². The second-order valence-corrected chi connectivity index (χ2v) is 7.13. The maximum Gasteiger partial charge on any atom is 0.0662 e. The van der Waals surface area contributed by atoms with E-state index in [2.05, 4.69) is 25.6 Å². The van der Waals surface area contributed by atoms with Crippen LogP contribution in [0.25, 0.3) is 0 Å². The van der Waals surface area contributed by atoms with Crippen LogP contribution in [-0.4, -0.2) is 51.8 Å². The lowest BCUT2D eigenvalue weighted by molar-refractivity contribution is 0.115. The average molecular weight is 288 g/mol. The molecule has 0 N–H and O–H groups in total. The van der Waals surface area contributed by atoms with Crippen LogP contribution >= 0.6 is 0 Å². The Morgan fingerprint density at radius 1 is 1.10 bits per heavy atom. The zero-order chi connectivity index (χ0) is 14.1. The Balaban J connectivity index is 1.43. The minimum absolute atomic E-state index is 0.588. The number of nitrogens with zero attached hydrogens (tertiary/aromatic N) is 4. The maximum absolute atomic E-state index is 4.62. The number of aromatic nitrogens is 2. The molecular weight excluding hydrogens is 260 g/mol. The van der Waals surface area contributed by atoms with Gasteiger partial charge in [-0.1, -0.05) is 12.8 Å². The number of fused-ring (bicyclic) bond motifs is 1. The third kappa shape index (κ3) is 2.88. The third-order valence-corrected chi connectivity index (χ3v) is 5.73. The van der Waals surface area contributed by atoms with Gasteiger partial charge in [0, 0.05) is 31.9 Å². The van der Waals surface area contributed by atoms with Gasteiger partial charge in [0.2, 0.25) is 0 Å². The highest BCUT2D eigenvalue weighted by Crippen LogP contribution is 2.31. The molecule has 0 unspecified atom stereocenters. The summed E-state index contributed by atoms with van der Waals surface area (Å²) < 4.78 is 2.32.